The molecule has 1 heterocycles. The molecule has 0 N–H and O–H groups in total. The lowest BCUT2D eigenvalue weighted by Gasteiger charge is -2.07. The van der Waals surface area contributed by atoms with Crippen molar-refractivity contribution in [2.45, 2.75) is 26.6 Å². The fourth-order valence-corrected chi connectivity index (χ4v) is 2.67. The van der Waals surface area contributed by atoms with E-state index in [1.165, 1.54) is 18.2 Å². The van der Waals surface area contributed by atoms with E-state index in [0.29, 0.717) is 22.8 Å². The van der Waals surface area contributed by atoms with Gasteiger partial charge in [0.25, 0.3) is 0 Å². The fourth-order valence-electron chi connectivity index (χ4n) is 2.67. The molecule has 150 valence electrons. The summed E-state index contributed by atoms with van der Waals surface area (Å²) in [6.07, 6.45) is -2.19. The summed E-state index contributed by atoms with van der Waals surface area (Å²) in [5.74, 6) is 1.35. The van der Waals surface area contributed by atoms with Crippen molar-refractivity contribution < 1.29 is 27.1 Å². The topological polar surface area (TPSA) is 52.3 Å². The molecule has 3 aromatic rings. The van der Waals surface area contributed by atoms with E-state index in [0.717, 1.165) is 29.6 Å². The predicted molar refractivity (Wildman–Crippen MR) is 102 cm³/mol. The van der Waals surface area contributed by atoms with Gasteiger partial charge in [0.2, 0.25) is 5.89 Å². The third-order valence-electron chi connectivity index (χ3n) is 4.33. The normalized spacial score (nSPS) is 12.1. The van der Waals surface area contributed by atoms with Gasteiger partial charge in [-0.3, -0.25) is 4.79 Å². The average Bonchev–Trinajstić information content (AvgIpc) is 3.07. The third kappa shape index (κ3) is 4.93. The number of halogens is 3. The van der Waals surface area contributed by atoms with Crippen molar-refractivity contribution in [1.82, 2.24) is 4.98 Å². The first-order chi connectivity index (χ1) is 13.8. The molecule has 0 amide bonds. The molecular formula is C22H18F3NO3. The zero-order valence-electron chi connectivity index (χ0n) is 15.8. The van der Waals surface area contributed by atoms with Crippen molar-refractivity contribution in [2.75, 3.05) is 0 Å². The number of rotatable bonds is 6. The number of carbonyl (C=O) groups is 1. The molecule has 0 saturated carbocycles. The summed E-state index contributed by atoms with van der Waals surface area (Å²) in [5, 5.41) is 0. The second kappa shape index (κ2) is 8.34. The number of aromatic nitrogens is 1. The number of hydrogen-bond acceptors (Lipinski definition) is 4. The molecule has 0 aliphatic heterocycles. The van der Waals surface area contributed by atoms with E-state index in [1.54, 1.807) is 13.0 Å². The van der Waals surface area contributed by atoms with Crippen LogP contribution in [0.3, 0.4) is 0 Å². The van der Waals surface area contributed by atoms with E-state index >= 15 is 0 Å². The highest BCUT2D eigenvalue weighted by atomic mass is 19.4. The van der Waals surface area contributed by atoms with Crippen LogP contribution in [-0.2, 0) is 17.6 Å². The van der Waals surface area contributed by atoms with Crippen molar-refractivity contribution in [3.05, 3.63) is 77.2 Å². The number of benzene rings is 2. The second-order valence-corrected chi connectivity index (χ2v) is 6.40. The molecule has 4 nitrogen and oxygen atoms in total. The molecule has 29 heavy (non-hydrogen) atoms. The van der Waals surface area contributed by atoms with Crippen molar-refractivity contribution in [3.8, 4) is 17.2 Å². The summed E-state index contributed by atoms with van der Waals surface area (Å²) >= 11 is 0. The summed E-state index contributed by atoms with van der Waals surface area (Å²) in [5.41, 5.74) is 1.94. The molecule has 1 aromatic heterocycles. The quantitative estimate of drug-likeness (QED) is 0.384. The summed E-state index contributed by atoms with van der Waals surface area (Å²) in [6.45, 7) is 3.67. The van der Waals surface area contributed by atoms with Crippen molar-refractivity contribution in [2.24, 2.45) is 0 Å². The average molecular weight is 401 g/mol. The summed E-state index contributed by atoms with van der Waals surface area (Å²) in [6, 6.07) is 11.9. The standard InChI is InChI=1S/C22H18F3NO3/c1-14(10-11-27)17-4-3-5-19(12-17)28-13-20-15(2)29-21(26-20)16-6-8-18(9-7-16)22(23,24)25/h3-12H,13H2,1-2H3. The van der Waals surface area contributed by atoms with Crippen LogP contribution >= 0.6 is 0 Å². The lowest BCUT2D eigenvalue weighted by Crippen LogP contribution is -2.04. The smallest absolute Gasteiger partial charge is 0.416 e. The number of aldehydes is 1. The van der Waals surface area contributed by atoms with E-state index in [4.69, 9.17) is 9.15 Å². The third-order valence-corrected chi connectivity index (χ3v) is 4.33. The maximum Gasteiger partial charge on any atom is 0.416 e. The van der Waals surface area contributed by atoms with E-state index in [9.17, 15) is 18.0 Å². The number of allylic oxidation sites excluding steroid dienone is 2. The predicted octanol–water partition coefficient (Wildman–Crippen LogP) is 5.85. The number of nitrogens with zero attached hydrogens (tertiary/aromatic N) is 1. The number of oxazole rings is 1. The zero-order chi connectivity index (χ0) is 21.0. The summed E-state index contributed by atoms with van der Waals surface area (Å²) in [7, 11) is 0. The minimum absolute atomic E-state index is 0.135. The van der Waals surface area contributed by atoms with Gasteiger partial charge in [-0.1, -0.05) is 12.1 Å². The molecule has 0 fully saturated rings. The van der Waals surface area contributed by atoms with Gasteiger partial charge in [0.15, 0.2) is 0 Å². The van der Waals surface area contributed by atoms with Crippen LogP contribution in [0.25, 0.3) is 17.0 Å². The number of hydrogen-bond donors (Lipinski definition) is 0. The van der Waals surface area contributed by atoms with Gasteiger partial charge in [-0.15, -0.1) is 0 Å². The van der Waals surface area contributed by atoms with Crippen LogP contribution in [0.4, 0.5) is 13.2 Å². The molecule has 7 heteroatoms. The molecular weight excluding hydrogens is 383 g/mol. The van der Waals surface area contributed by atoms with Gasteiger partial charge in [0, 0.05) is 5.56 Å². The highest BCUT2D eigenvalue weighted by Crippen LogP contribution is 2.31. The summed E-state index contributed by atoms with van der Waals surface area (Å²) in [4.78, 5) is 15.0. The van der Waals surface area contributed by atoms with Crippen LogP contribution in [0, 0.1) is 6.92 Å². The zero-order valence-corrected chi connectivity index (χ0v) is 15.8. The van der Waals surface area contributed by atoms with Gasteiger partial charge in [-0.25, -0.2) is 4.98 Å². The molecule has 0 atom stereocenters. The second-order valence-electron chi connectivity index (χ2n) is 6.40. The van der Waals surface area contributed by atoms with E-state index in [-0.39, 0.29) is 12.5 Å². The Balaban J connectivity index is 1.74. The van der Waals surface area contributed by atoms with Gasteiger partial charge >= 0.3 is 6.18 Å². The first kappa shape index (κ1) is 20.4. The number of ether oxygens (including phenoxy) is 1. The SMILES string of the molecule is CC(=CC=O)c1cccc(OCc2nc(-c3ccc(C(F)(F)F)cc3)oc2C)c1. The Morgan fingerprint density at radius 1 is 1.17 bits per heavy atom. The Labute approximate surface area is 165 Å². The molecule has 0 saturated heterocycles. The van der Waals surface area contributed by atoms with Gasteiger partial charge < -0.3 is 9.15 Å². The Morgan fingerprint density at radius 3 is 2.55 bits per heavy atom. The maximum absolute atomic E-state index is 12.7. The molecule has 0 spiro atoms. The lowest BCUT2D eigenvalue weighted by atomic mass is 10.1. The van der Waals surface area contributed by atoms with Crippen LogP contribution in [0.2, 0.25) is 0 Å². The van der Waals surface area contributed by atoms with Crippen molar-refractivity contribution in [3.63, 3.8) is 0 Å². The summed E-state index contributed by atoms with van der Waals surface area (Å²) < 4.78 is 49.4. The molecule has 0 unspecified atom stereocenters. The lowest BCUT2D eigenvalue weighted by molar-refractivity contribution is -0.137. The Kier molecular flexibility index (Phi) is 5.87. The Hall–Kier alpha value is -3.35. The minimum Gasteiger partial charge on any atom is -0.487 e. The van der Waals surface area contributed by atoms with E-state index in [2.05, 4.69) is 4.98 Å². The largest absolute Gasteiger partial charge is 0.487 e. The molecule has 2 aromatic carbocycles. The van der Waals surface area contributed by atoms with Gasteiger partial charge in [-0.05, 0) is 67.5 Å². The van der Waals surface area contributed by atoms with Crippen LogP contribution in [0.5, 0.6) is 5.75 Å². The van der Waals surface area contributed by atoms with Gasteiger partial charge in [0.1, 0.15) is 30.1 Å². The first-order valence-electron chi connectivity index (χ1n) is 8.77. The molecule has 3 rings (SSSR count). The monoisotopic (exact) mass is 401 g/mol. The Morgan fingerprint density at radius 2 is 1.90 bits per heavy atom. The molecule has 0 aliphatic carbocycles. The van der Waals surface area contributed by atoms with Crippen LogP contribution in [-0.4, -0.2) is 11.3 Å². The van der Waals surface area contributed by atoms with Crippen molar-refractivity contribution >= 4 is 11.9 Å². The highest BCUT2D eigenvalue weighted by Gasteiger charge is 2.30. The molecule has 0 bridgehead atoms. The van der Waals surface area contributed by atoms with Crippen LogP contribution in [0.1, 0.15) is 29.5 Å². The number of carbonyl (C=O) groups excluding carboxylic acids is 1. The number of aryl methyl sites for hydroxylation is 1. The van der Waals surface area contributed by atoms with E-state index in [1.807, 2.05) is 25.1 Å². The highest BCUT2D eigenvalue weighted by molar-refractivity contribution is 5.80. The molecule has 0 radical (unpaired) electrons. The van der Waals surface area contributed by atoms with Crippen LogP contribution < -0.4 is 4.74 Å². The van der Waals surface area contributed by atoms with Crippen LogP contribution in [0.15, 0.2) is 59.0 Å². The molecule has 0 aliphatic rings. The maximum atomic E-state index is 12.7. The van der Waals surface area contributed by atoms with E-state index < -0.39 is 11.7 Å². The van der Waals surface area contributed by atoms with Gasteiger partial charge in [-0.2, -0.15) is 13.2 Å². The minimum atomic E-state index is -4.39. The number of alkyl halides is 3. The Bertz CT molecular complexity index is 1030. The first-order valence-corrected chi connectivity index (χ1v) is 8.77. The van der Waals surface area contributed by atoms with Crippen molar-refractivity contribution in [1.29, 1.82) is 0 Å². The fraction of sp³-hybridized carbons (Fsp3) is 0.182. The van der Waals surface area contributed by atoms with Gasteiger partial charge in [0.05, 0.1) is 5.56 Å².